The lowest BCUT2D eigenvalue weighted by atomic mass is 9.75. The molecule has 3 nitrogen and oxygen atoms in total. The summed E-state index contributed by atoms with van der Waals surface area (Å²) in [7, 11) is 1.44. The Morgan fingerprint density at radius 2 is 1.96 bits per heavy atom. The molecular formula is C21H20BrNO2. The van der Waals surface area contributed by atoms with Crippen LogP contribution in [0.3, 0.4) is 0 Å². The average molecular weight is 398 g/mol. The number of carbonyl (C=O) groups is 1. The number of nitrogens with one attached hydrogen (secondary N) is 1. The van der Waals surface area contributed by atoms with E-state index >= 15 is 0 Å². The number of methoxy groups -OCH3 is 1. The van der Waals surface area contributed by atoms with Crippen LogP contribution in [0.4, 0.5) is 5.69 Å². The lowest BCUT2D eigenvalue weighted by molar-refractivity contribution is 0.0598. The van der Waals surface area contributed by atoms with Crippen molar-refractivity contribution in [3.63, 3.8) is 0 Å². The Hall–Kier alpha value is -2.07. The van der Waals surface area contributed by atoms with Gasteiger partial charge in [0.25, 0.3) is 0 Å². The fourth-order valence-electron chi connectivity index (χ4n) is 4.14. The van der Waals surface area contributed by atoms with Gasteiger partial charge in [0.2, 0.25) is 0 Å². The largest absolute Gasteiger partial charge is 0.465 e. The molecule has 2 aromatic rings. The molecule has 25 heavy (non-hydrogen) atoms. The van der Waals surface area contributed by atoms with Crippen LogP contribution in [0.15, 0.2) is 53.0 Å². The number of fused-ring (bicyclic) bond motifs is 3. The van der Waals surface area contributed by atoms with E-state index in [-0.39, 0.29) is 17.9 Å². The van der Waals surface area contributed by atoms with Crippen molar-refractivity contribution in [2.75, 3.05) is 12.4 Å². The Labute approximate surface area is 156 Å². The third-order valence-corrected chi connectivity index (χ3v) is 5.89. The second-order valence-corrected chi connectivity index (χ2v) is 7.65. The third kappa shape index (κ3) is 2.69. The Kier molecular flexibility index (Phi) is 4.16. The minimum Gasteiger partial charge on any atom is -0.465 e. The maximum atomic E-state index is 12.3. The Balaban J connectivity index is 1.85. The summed E-state index contributed by atoms with van der Waals surface area (Å²) >= 11 is 3.51. The first-order valence-corrected chi connectivity index (χ1v) is 9.30. The number of esters is 1. The number of benzene rings is 2. The standard InChI is InChI=1S/C21H20BrNO2/c1-12-6-11-17(21(24)25-2)18-15-4-3-5-16(15)20(23-19(12)18)13-7-9-14(22)10-8-13/h3-4,6-11,15-16,20,23H,5H2,1-2H3/t15-,16+,20-/m1/s1. The monoisotopic (exact) mass is 397 g/mol. The van der Waals surface area contributed by atoms with E-state index in [4.69, 9.17) is 4.74 Å². The van der Waals surface area contributed by atoms with Crippen LogP contribution in [0, 0.1) is 12.8 Å². The number of rotatable bonds is 2. The van der Waals surface area contributed by atoms with E-state index in [1.165, 1.54) is 12.7 Å². The first-order valence-electron chi connectivity index (χ1n) is 8.50. The van der Waals surface area contributed by atoms with Crippen molar-refractivity contribution in [1.82, 2.24) is 0 Å². The first kappa shape index (κ1) is 16.4. The summed E-state index contributed by atoms with van der Waals surface area (Å²) in [6.07, 6.45) is 5.50. The molecule has 1 N–H and O–H groups in total. The highest BCUT2D eigenvalue weighted by atomic mass is 79.9. The molecule has 0 fully saturated rings. The second kappa shape index (κ2) is 6.34. The number of anilines is 1. The summed E-state index contributed by atoms with van der Waals surface area (Å²) < 4.78 is 6.10. The molecule has 2 aromatic carbocycles. The van der Waals surface area contributed by atoms with Crippen molar-refractivity contribution in [2.24, 2.45) is 5.92 Å². The fraction of sp³-hybridized carbons (Fsp3) is 0.286. The molecule has 0 amide bonds. The highest BCUT2D eigenvalue weighted by Gasteiger charge is 2.40. The van der Waals surface area contributed by atoms with Gasteiger partial charge in [-0.25, -0.2) is 4.79 Å². The molecule has 0 aromatic heterocycles. The number of hydrogen-bond acceptors (Lipinski definition) is 3. The van der Waals surface area contributed by atoms with Crippen molar-refractivity contribution >= 4 is 27.6 Å². The minimum absolute atomic E-state index is 0.229. The predicted molar refractivity (Wildman–Crippen MR) is 103 cm³/mol. The molecule has 4 heteroatoms. The summed E-state index contributed by atoms with van der Waals surface area (Å²) in [5, 5.41) is 3.73. The van der Waals surface area contributed by atoms with Crippen molar-refractivity contribution in [3.8, 4) is 0 Å². The van der Waals surface area contributed by atoms with E-state index in [1.807, 2.05) is 12.1 Å². The van der Waals surface area contributed by atoms with Gasteiger partial charge >= 0.3 is 5.97 Å². The number of ether oxygens (including phenoxy) is 1. The highest BCUT2D eigenvalue weighted by Crippen LogP contribution is 2.51. The van der Waals surface area contributed by atoms with E-state index < -0.39 is 0 Å². The van der Waals surface area contributed by atoms with Gasteiger partial charge in [0.05, 0.1) is 18.7 Å². The maximum absolute atomic E-state index is 12.3. The van der Waals surface area contributed by atoms with Gasteiger partial charge in [-0.05, 0) is 54.2 Å². The molecule has 0 radical (unpaired) electrons. The van der Waals surface area contributed by atoms with Crippen molar-refractivity contribution in [2.45, 2.75) is 25.3 Å². The van der Waals surface area contributed by atoms with E-state index in [0.29, 0.717) is 11.5 Å². The quantitative estimate of drug-likeness (QED) is 0.546. The lowest BCUT2D eigenvalue weighted by Gasteiger charge is -2.39. The van der Waals surface area contributed by atoms with Gasteiger partial charge in [0, 0.05) is 16.1 Å². The van der Waals surface area contributed by atoms with Crippen LogP contribution in [0.1, 0.15) is 45.4 Å². The van der Waals surface area contributed by atoms with E-state index in [1.54, 1.807) is 0 Å². The Morgan fingerprint density at radius 1 is 1.20 bits per heavy atom. The van der Waals surface area contributed by atoms with Crippen LogP contribution in [0.2, 0.25) is 0 Å². The third-order valence-electron chi connectivity index (χ3n) is 5.36. The molecular weight excluding hydrogens is 378 g/mol. The molecule has 0 saturated carbocycles. The lowest BCUT2D eigenvalue weighted by Crippen LogP contribution is -2.31. The number of aryl methyl sites for hydroxylation is 1. The highest BCUT2D eigenvalue weighted by molar-refractivity contribution is 9.10. The number of carbonyl (C=O) groups excluding carboxylic acids is 1. The van der Waals surface area contributed by atoms with Crippen LogP contribution >= 0.6 is 15.9 Å². The van der Waals surface area contributed by atoms with Gasteiger partial charge in [0.15, 0.2) is 0 Å². The van der Waals surface area contributed by atoms with E-state index in [0.717, 1.165) is 27.7 Å². The minimum atomic E-state index is -0.265. The zero-order chi connectivity index (χ0) is 17.6. The molecule has 0 saturated heterocycles. The summed E-state index contributed by atoms with van der Waals surface area (Å²) in [4.78, 5) is 12.3. The summed E-state index contributed by atoms with van der Waals surface area (Å²) in [6.45, 7) is 2.09. The van der Waals surface area contributed by atoms with Crippen LogP contribution in [0.5, 0.6) is 0 Å². The Morgan fingerprint density at radius 3 is 2.68 bits per heavy atom. The molecule has 128 valence electrons. The molecule has 1 heterocycles. The molecule has 4 rings (SSSR count). The Bertz CT molecular complexity index is 857. The summed E-state index contributed by atoms with van der Waals surface area (Å²) in [6, 6.07) is 12.6. The predicted octanol–water partition coefficient (Wildman–Crippen LogP) is 5.37. The second-order valence-electron chi connectivity index (χ2n) is 6.74. The summed E-state index contributed by atoms with van der Waals surface area (Å²) in [5.41, 5.74) is 5.26. The van der Waals surface area contributed by atoms with Crippen LogP contribution in [-0.2, 0) is 4.74 Å². The molecule has 1 aliphatic heterocycles. The molecule has 3 atom stereocenters. The molecule has 0 bridgehead atoms. The van der Waals surface area contributed by atoms with Gasteiger partial charge in [-0.2, -0.15) is 0 Å². The molecule has 2 aliphatic rings. The van der Waals surface area contributed by atoms with E-state index in [9.17, 15) is 4.79 Å². The van der Waals surface area contributed by atoms with Crippen LogP contribution in [-0.4, -0.2) is 13.1 Å². The van der Waals surface area contributed by atoms with Gasteiger partial charge in [-0.1, -0.05) is 46.3 Å². The average Bonchev–Trinajstić information content (AvgIpc) is 3.11. The van der Waals surface area contributed by atoms with Crippen molar-refractivity contribution in [1.29, 1.82) is 0 Å². The summed E-state index contributed by atoms with van der Waals surface area (Å²) in [5.74, 6) is 0.372. The zero-order valence-corrected chi connectivity index (χ0v) is 15.8. The van der Waals surface area contributed by atoms with Gasteiger partial charge in [-0.3, -0.25) is 0 Å². The number of allylic oxidation sites excluding steroid dienone is 2. The van der Waals surface area contributed by atoms with Gasteiger partial charge in [-0.15, -0.1) is 0 Å². The maximum Gasteiger partial charge on any atom is 0.338 e. The van der Waals surface area contributed by atoms with E-state index in [2.05, 4.69) is 64.6 Å². The number of halogens is 1. The van der Waals surface area contributed by atoms with Gasteiger partial charge < -0.3 is 10.1 Å². The molecule has 0 unspecified atom stereocenters. The zero-order valence-electron chi connectivity index (χ0n) is 14.3. The van der Waals surface area contributed by atoms with Gasteiger partial charge in [0.1, 0.15) is 0 Å². The SMILES string of the molecule is COC(=O)c1ccc(C)c2c1[C@@H]1C=CC[C@@H]1[C@@H](c1ccc(Br)cc1)N2. The smallest absolute Gasteiger partial charge is 0.338 e. The van der Waals surface area contributed by atoms with Crippen LogP contribution in [0.25, 0.3) is 0 Å². The topological polar surface area (TPSA) is 38.3 Å². The van der Waals surface area contributed by atoms with Crippen molar-refractivity contribution in [3.05, 3.63) is 75.3 Å². The molecule has 1 aliphatic carbocycles. The van der Waals surface area contributed by atoms with Crippen molar-refractivity contribution < 1.29 is 9.53 Å². The fourth-order valence-corrected chi connectivity index (χ4v) is 4.41. The normalized spacial score (nSPS) is 23.6. The molecule has 0 spiro atoms. The number of hydrogen-bond donors (Lipinski definition) is 1. The van der Waals surface area contributed by atoms with Crippen LogP contribution < -0.4 is 5.32 Å². The first-order chi connectivity index (χ1) is 12.1.